The summed E-state index contributed by atoms with van der Waals surface area (Å²) in [6, 6.07) is 15.1. The van der Waals surface area contributed by atoms with Crippen molar-refractivity contribution in [1.82, 2.24) is 5.32 Å². The lowest BCUT2D eigenvalue weighted by Gasteiger charge is -2.21. The molecule has 2 unspecified atom stereocenters. The minimum atomic E-state index is -0.576. The number of benzene rings is 2. The Kier molecular flexibility index (Phi) is 5.62. The first-order valence-electron chi connectivity index (χ1n) is 6.90. The maximum atomic E-state index is 10.3. The first-order chi connectivity index (χ1) is 10.1. The number of hydrogen-bond donors (Lipinski definition) is 2. The van der Waals surface area contributed by atoms with Crippen molar-refractivity contribution in [3.63, 3.8) is 0 Å². The van der Waals surface area contributed by atoms with Gasteiger partial charge in [-0.2, -0.15) is 0 Å². The molecule has 0 aromatic heterocycles. The number of hydrogen-bond acceptors (Lipinski definition) is 3. The molecule has 0 aliphatic heterocycles. The zero-order valence-electron chi connectivity index (χ0n) is 12.2. The summed E-state index contributed by atoms with van der Waals surface area (Å²) in [5, 5.41) is 14.3. The highest BCUT2D eigenvalue weighted by molar-refractivity contribution is 6.30. The van der Waals surface area contributed by atoms with Crippen molar-refractivity contribution in [2.45, 2.75) is 25.6 Å². The van der Waals surface area contributed by atoms with E-state index in [1.54, 1.807) is 19.2 Å². The van der Waals surface area contributed by atoms with Crippen LogP contribution in [0.15, 0.2) is 48.5 Å². The fourth-order valence-electron chi connectivity index (χ4n) is 2.12. The van der Waals surface area contributed by atoms with Gasteiger partial charge in [-0.1, -0.05) is 35.9 Å². The van der Waals surface area contributed by atoms with E-state index in [0.29, 0.717) is 11.6 Å². The third-order valence-corrected chi connectivity index (χ3v) is 3.70. The average Bonchev–Trinajstić information content (AvgIpc) is 2.53. The average molecular weight is 306 g/mol. The molecule has 3 nitrogen and oxygen atoms in total. The van der Waals surface area contributed by atoms with Crippen molar-refractivity contribution in [3.05, 3.63) is 64.7 Å². The largest absolute Gasteiger partial charge is 0.497 e. The number of nitrogens with one attached hydrogen (secondary N) is 1. The minimum Gasteiger partial charge on any atom is -0.497 e. The molecule has 112 valence electrons. The lowest BCUT2D eigenvalue weighted by atomic mass is 10.0. The van der Waals surface area contributed by atoms with Gasteiger partial charge in [0.15, 0.2) is 0 Å². The molecular weight excluding hydrogens is 286 g/mol. The van der Waals surface area contributed by atoms with Gasteiger partial charge in [0, 0.05) is 17.6 Å². The van der Waals surface area contributed by atoms with E-state index in [1.165, 1.54) is 0 Å². The maximum absolute atomic E-state index is 10.3. The monoisotopic (exact) mass is 305 g/mol. The van der Waals surface area contributed by atoms with E-state index in [-0.39, 0.29) is 6.04 Å². The van der Waals surface area contributed by atoms with E-state index in [2.05, 4.69) is 5.32 Å². The van der Waals surface area contributed by atoms with E-state index < -0.39 is 6.10 Å². The second kappa shape index (κ2) is 7.46. The van der Waals surface area contributed by atoms with Crippen LogP contribution >= 0.6 is 11.6 Å². The Morgan fingerprint density at radius 3 is 2.57 bits per heavy atom. The second-order valence-electron chi connectivity index (χ2n) is 5.02. The van der Waals surface area contributed by atoms with Crippen molar-refractivity contribution in [3.8, 4) is 5.75 Å². The molecule has 4 heteroatoms. The van der Waals surface area contributed by atoms with Crippen LogP contribution in [0.5, 0.6) is 5.75 Å². The Hall–Kier alpha value is -1.55. The molecule has 2 aromatic rings. The van der Waals surface area contributed by atoms with E-state index in [4.69, 9.17) is 16.3 Å². The van der Waals surface area contributed by atoms with Gasteiger partial charge in [0.2, 0.25) is 0 Å². The third kappa shape index (κ3) is 4.46. The standard InChI is InChI=1S/C17H20ClNO2/c1-12(17(20)14-6-8-15(18)9-7-14)19-11-13-4-3-5-16(10-13)21-2/h3-10,12,17,19-20H,11H2,1-2H3. The van der Waals surface area contributed by atoms with Crippen LogP contribution in [0.1, 0.15) is 24.2 Å². The van der Waals surface area contributed by atoms with Gasteiger partial charge in [0.25, 0.3) is 0 Å². The van der Waals surface area contributed by atoms with Crippen LogP contribution in [-0.4, -0.2) is 18.3 Å². The zero-order valence-corrected chi connectivity index (χ0v) is 13.0. The Bertz CT molecular complexity index is 571. The van der Waals surface area contributed by atoms with Gasteiger partial charge in [-0.3, -0.25) is 0 Å². The molecule has 0 saturated carbocycles. The second-order valence-corrected chi connectivity index (χ2v) is 5.45. The van der Waals surface area contributed by atoms with Crippen LogP contribution < -0.4 is 10.1 Å². The number of methoxy groups -OCH3 is 1. The summed E-state index contributed by atoms with van der Waals surface area (Å²) in [5.74, 6) is 0.834. The van der Waals surface area contributed by atoms with Crippen LogP contribution in [-0.2, 0) is 6.54 Å². The van der Waals surface area contributed by atoms with Gasteiger partial charge in [-0.25, -0.2) is 0 Å². The fraction of sp³-hybridized carbons (Fsp3) is 0.294. The molecule has 0 aliphatic rings. The van der Waals surface area contributed by atoms with E-state index in [0.717, 1.165) is 16.9 Å². The molecule has 0 heterocycles. The fourth-order valence-corrected chi connectivity index (χ4v) is 2.25. The number of rotatable bonds is 6. The highest BCUT2D eigenvalue weighted by atomic mass is 35.5. The van der Waals surface area contributed by atoms with Crippen molar-refractivity contribution in [2.75, 3.05) is 7.11 Å². The lowest BCUT2D eigenvalue weighted by Crippen LogP contribution is -2.31. The van der Waals surface area contributed by atoms with Gasteiger partial charge in [-0.15, -0.1) is 0 Å². The minimum absolute atomic E-state index is 0.0719. The smallest absolute Gasteiger partial charge is 0.119 e. The Balaban J connectivity index is 1.94. The van der Waals surface area contributed by atoms with Crippen molar-refractivity contribution in [2.24, 2.45) is 0 Å². The van der Waals surface area contributed by atoms with E-state index in [9.17, 15) is 5.11 Å². The topological polar surface area (TPSA) is 41.5 Å². The predicted octanol–water partition coefficient (Wildman–Crippen LogP) is 3.56. The molecule has 0 bridgehead atoms. The molecule has 2 atom stereocenters. The lowest BCUT2D eigenvalue weighted by molar-refractivity contribution is 0.135. The Morgan fingerprint density at radius 2 is 1.90 bits per heavy atom. The molecule has 21 heavy (non-hydrogen) atoms. The SMILES string of the molecule is COc1cccc(CNC(C)C(O)c2ccc(Cl)cc2)c1. The summed E-state index contributed by atoms with van der Waals surface area (Å²) >= 11 is 5.86. The molecular formula is C17H20ClNO2. The zero-order chi connectivity index (χ0) is 15.2. The molecule has 0 fully saturated rings. The van der Waals surface area contributed by atoms with E-state index in [1.807, 2.05) is 43.3 Å². The first-order valence-corrected chi connectivity index (χ1v) is 7.28. The Morgan fingerprint density at radius 1 is 1.19 bits per heavy atom. The van der Waals surface area contributed by atoms with Crippen LogP contribution in [0.4, 0.5) is 0 Å². The van der Waals surface area contributed by atoms with Crippen LogP contribution in [0.25, 0.3) is 0 Å². The molecule has 0 amide bonds. The molecule has 0 aliphatic carbocycles. The highest BCUT2D eigenvalue weighted by Gasteiger charge is 2.15. The third-order valence-electron chi connectivity index (χ3n) is 3.45. The number of ether oxygens (including phenoxy) is 1. The van der Waals surface area contributed by atoms with Gasteiger partial charge in [0.1, 0.15) is 5.75 Å². The quantitative estimate of drug-likeness (QED) is 0.857. The maximum Gasteiger partial charge on any atom is 0.119 e. The van der Waals surface area contributed by atoms with Gasteiger partial charge in [0.05, 0.1) is 13.2 Å². The summed E-state index contributed by atoms with van der Waals surface area (Å²) < 4.78 is 5.20. The van der Waals surface area contributed by atoms with Gasteiger partial charge < -0.3 is 15.2 Å². The van der Waals surface area contributed by atoms with Crippen molar-refractivity contribution < 1.29 is 9.84 Å². The molecule has 0 saturated heterocycles. The first kappa shape index (κ1) is 15.8. The van der Waals surface area contributed by atoms with Crippen LogP contribution in [0, 0.1) is 0 Å². The summed E-state index contributed by atoms with van der Waals surface area (Å²) in [6.07, 6.45) is -0.576. The number of aliphatic hydroxyl groups is 1. The summed E-state index contributed by atoms with van der Waals surface area (Å²) in [5.41, 5.74) is 1.97. The molecule has 0 spiro atoms. The normalized spacial score (nSPS) is 13.7. The molecule has 2 rings (SSSR count). The van der Waals surface area contributed by atoms with Gasteiger partial charge in [-0.05, 0) is 42.3 Å². The van der Waals surface area contributed by atoms with E-state index >= 15 is 0 Å². The number of aliphatic hydroxyl groups excluding tert-OH is 1. The summed E-state index contributed by atoms with van der Waals surface area (Å²) in [4.78, 5) is 0. The molecule has 2 aromatic carbocycles. The predicted molar refractivity (Wildman–Crippen MR) is 85.7 cm³/mol. The highest BCUT2D eigenvalue weighted by Crippen LogP contribution is 2.20. The van der Waals surface area contributed by atoms with Crippen molar-refractivity contribution in [1.29, 1.82) is 0 Å². The Labute approximate surface area is 130 Å². The number of halogens is 1. The summed E-state index contributed by atoms with van der Waals surface area (Å²) in [7, 11) is 1.65. The summed E-state index contributed by atoms with van der Waals surface area (Å²) in [6.45, 7) is 2.63. The van der Waals surface area contributed by atoms with Crippen LogP contribution in [0.3, 0.4) is 0 Å². The molecule has 2 N–H and O–H groups in total. The van der Waals surface area contributed by atoms with Crippen LogP contribution in [0.2, 0.25) is 5.02 Å². The van der Waals surface area contributed by atoms with Gasteiger partial charge >= 0.3 is 0 Å². The van der Waals surface area contributed by atoms with Crippen molar-refractivity contribution >= 4 is 11.6 Å². The molecule has 0 radical (unpaired) electrons.